The van der Waals surface area contributed by atoms with E-state index in [1.165, 1.54) is 12.8 Å². The van der Waals surface area contributed by atoms with Crippen LogP contribution in [0.5, 0.6) is 0 Å². The molecule has 1 aliphatic heterocycles. The fraction of sp³-hybridized carbons (Fsp3) is 0.600. The van der Waals surface area contributed by atoms with Crippen molar-refractivity contribution in [1.29, 1.82) is 0 Å². The van der Waals surface area contributed by atoms with Gasteiger partial charge < -0.3 is 5.32 Å². The molecule has 8 heteroatoms. The second kappa shape index (κ2) is 8.81. The van der Waals surface area contributed by atoms with Crippen molar-refractivity contribution in [3.05, 3.63) is 29.8 Å². The molecule has 1 saturated carbocycles. The molecule has 2 nitrogen and oxygen atoms in total. The number of piperazine rings is 1. The van der Waals surface area contributed by atoms with E-state index in [-0.39, 0.29) is 41.5 Å². The van der Waals surface area contributed by atoms with Gasteiger partial charge in [0.25, 0.3) is 0 Å². The Hall–Kier alpha value is -0.140. The Balaban J connectivity index is 0.00000132. The number of nitrogens with zero attached hydrogens (tertiary/aromatic N) is 1. The SMILES string of the molecule is Cl.Cl.FC(F)(F)Sc1ccc([C@@H](C2CC2)N2CCNCC2)cc1. The number of nitrogens with one attached hydrogen (secondary N) is 1. The van der Waals surface area contributed by atoms with Gasteiger partial charge in [0.1, 0.15) is 0 Å². The summed E-state index contributed by atoms with van der Waals surface area (Å²) in [5.41, 5.74) is -3.05. The molecular formula is C15H21Cl2F3N2S. The molecule has 0 amide bonds. The molecule has 2 fully saturated rings. The largest absolute Gasteiger partial charge is 0.446 e. The van der Waals surface area contributed by atoms with Gasteiger partial charge in [-0.25, -0.2) is 0 Å². The van der Waals surface area contributed by atoms with Crippen molar-refractivity contribution in [2.75, 3.05) is 26.2 Å². The third-order valence-electron chi connectivity index (χ3n) is 4.07. The number of alkyl halides is 3. The summed E-state index contributed by atoms with van der Waals surface area (Å²) in [4.78, 5) is 2.74. The Morgan fingerprint density at radius 3 is 2.09 bits per heavy atom. The lowest BCUT2D eigenvalue weighted by atomic mass is 10.00. The molecule has 1 atom stereocenters. The Morgan fingerprint density at radius 1 is 1.04 bits per heavy atom. The van der Waals surface area contributed by atoms with Gasteiger partial charge in [-0.1, -0.05) is 12.1 Å². The van der Waals surface area contributed by atoms with E-state index in [1.807, 2.05) is 12.1 Å². The molecule has 1 N–H and O–H groups in total. The van der Waals surface area contributed by atoms with E-state index in [1.54, 1.807) is 12.1 Å². The molecular weight excluding hydrogens is 368 g/mol. The van der Waals surface area contributed by atoms with Crippen molar-refractivity contribution in [2.24, 2.45) is 5.92 Å². The predicted molar refractivity (Wildman–Crippen MR) is 92.8 cm³/mol. The molecule has 0 spiro atoms. The number of halogens is 5. The van der Waals surface area contributed by atoms with E-state index in [2.05, 4.69) is 10.2 Å². The monoisotopic (exact) mass is 388 g/mol. The molecule has 0 unspecified atom stereocenters. The van der Waals surface area contributed by atoms with Crippen molar-refractivity contribution >= 4 is 36.6 Å². The molecule has 0 radical (unpaired) electrons. The third-order valence-corrected chi connectivity index (χ3v) is 4.81. The number of benzene rings is 1. The van der Waals surface area contributed by atoms with Crippen LogP contribution >= 0.6 is 36.6 Å². The second-order valence-corrected chi connectivity index (χ2v) is 6.82. The molecule has 1 aromatic carbocycles. The first-order chi connectivity index (χ1) is 10.0. The minimum absolute atomic E-state index is 0. The Kier molecular flexibility index (Phi) is 8.01. The molecule has 2 aliphatic rings. The van der Waals surface area contributed by atoms with E-state index < -0.39 is 5.51 Å². The quantitative estimate of drug-likeness (QED) is 0.764. The predicted octanol–water partition coefficient (Wildman–Crippen LogP) is 4.50. The average Bonchev–Trinajstić information content (AvgIpc) is 3.25. The molecule has 23 heavy (non-hydrogen) atoms. The molecule has 132 valence electrons. The summed E-state index contributed by atoms with van der Waals surface area (Å²) >= 11 is -0.0428. The van der Waals surface area contributed by atoms with E-state index in [0.717, 1.165) is 31.7 Å². The van der Waals surface area contributed by atoms with Crippen LogP contribution in [0.4, 0.5) is 13.2 Å². The topological polar surface area (TPSA) is 15.3 Å². The molecule has 1 heterocycles. The number of rotatable bonds is 4. The minimum atomic E-state index is -4.21. The molecule has 0 aromatic heterocycles. The fourth-order valence-electron chi connectivity index (χ4n) is 3.02. The van der Waals surface area contributed by atoms with E-state index >= 15 is 0 Å². The highest BCUT2D eigenvalue weighted by atomic mass is 35.5. The van der Waals surface area contributed by atoms with Gasteiger partial charge in [0.2, 0.25) is 0 Å². The summed E-state index contributed by atoms with van der Waals surface area (Å²) in [5.74, 6) is 0.671. The lowest BCUT2D eigenvalue weighted by Gasteiger charge is -2.35. The van der Waals surface area contributed by atoms with E-state index in [4.69, 9.17) is 0 Å². The molecule has 1 aromatic rings. The van der Waals surface area contributed by atoms with Gasteiger partial charge in [0.05, 0.1) is 0 Å². The first-order valence-corrected chi connectivity index (χ1v) is 8.15. The highest BCUT2D eigenvalue weighted by molar-refractivity contribution is 8.00. The van der Waals surface area contributed by atoms with Crippen LogP contribution in [0.25, 0.3) is 0 Å². The van der Waals surface area contributed by atoms with Crippen molar-refractivity contribution in [2.45, 2.75) is 29.3 Å². The van der Waals surface area contributed by atoms with Crippen LogP contribution < -0.4 is 5.32 Å². The average molecular weight is 389 g/mol. The molecule has 3 rings (SSSR count). The van der Waals surface area contributed by atoms with Crippen LogP contribution in [0, 0.1) is 5.92 Å². The minimum Gasteiger partial charge on any atom is -0.314 e. The van der Waals surface area contributed by atoms with Crippen LogP contribution in [-0.2, 0) is 0 Å². The number of hydrogen-bond acceptors (Lipinski definition) is 3. The Morgan fingerprint density at radius 2 is 1.61 bits per heavy atom. The van der Waals surface area contributed by atoms with Crippen molar-refractivity contribution < 1.29 is 13.2 Å². The Bertz CT molecular complexity index is 475. The zero-order valence-electron chi connectivity index (χ0n) is 12.5. The molecule has 0 bridgehead atoms. The van der Waals surface area contributed by atoms with Gasteiger partial charge >= 0.3 is 5.51 Å². The highest BCUT2D eigenvalue weighted by Crippen LogP contribution is 2.45. The van der Waals surface area contributed by atoms with Crippen LogP contribution in [0.2, 0.25) is 0 Å². The second-order valence-electron chi connectivity index (χ2n) is 5.69. The van der Waals surface area contributed by atoms with Crippen LogP contribution in [0.15, 0.2) is 29.2 Å². The van der Waals surface area contributed by atoms with E-state index in [9.17, 15) is 13.2 Å². The third kappa shape index (κ3) is 6.02. The van der Waals surface area contributed by atoms with Crippen LogP contribution in [0.3, 0.4) is 0 Å². The van der Waals surface area contributed by atoms with Crippen molar-refractivity contribution in [1.82, 2.24) is 10.2 Å². The maximum atomic E-state index is 12.4. The zero-order valence-corrected chi connectivity index (χ0v) is 15.0. The van der Waals surface area contributed by atoms with Gasteiger partial charge in [-0.2, -0.15) is 13.2 Å². The molecule has 1 saturated heterocycles. The molecule has 1 aliphatic carbocycles. The van der Waals surface area contributed by atoms with Gasteiger partial charge in [-0.3, -0.25) is 4.90 Å². The maximum absolute atomic E-state index is 12.4. The van der Waals surface area contributed by atoms with Crippen LogP contribution in [-0.4, -0.2) is 36.6 Å². The van der Waals surface area contributed by atoms with Gasteiger partial charge in [0.15, 0.2) is 0 Å². The summed E-state index contributed by atoms with van der Waals surface area (Å²) in [6, 6.07) is 7.32. The number of hydrogen-bond donors (Lipinski definition) is 1. The number of thioether (sulfide) groups is 1. The first-order valence-electron chi connectivity index (χ1n) is 7.33. The van der Waals surface area contributed by atoms with E-state index in [0.29, 0.717) is 12.0 Å². The normalized spacial score (nSPS) is 20.3. The van der Waals surface area contributed by atoms with Gasteiger partial charge in [-0.15, -0.1) is 24.8 Å². The Labute approximate surface area is 151 Å². The highest BCUT2D eigenvalue weighted by Gasteiger charge is 2.36. The first kappa shape index (κ1) is 20.9. The maximum Gasteiger partial charge on any atom is 0.446 e. The smallest absolute Gasteiger partial charge is 0.314 e. The fourth-order valence-corrected chi connectivity index (χ4v) is 3.56. The van der Waals surface area contributed by atoms with Crippen molar-refractivity contribution in [3.8, 4) is 0 Å². The summed E-state index contributed by atoms with van der Waals surface area (Å²) in [5, 5.41) is 3.35. The zero-order chi connectivity index (χ0) is 14.9. The van der Waals surface area contributed by atoms with Crippen molar-refractivity contribution in [3.63, 3.8) is 0 Å². The summed E-state index contributed by atoms with van der Waals surface area (Å²) < 4.78 is 37.1. The summed E-state index contributed by atoms with van der Waals surface area (Å²) in [6.45, 7) is 4.01. The summed E-state index contributed by atoms with van der Waals surface area (Å²) in [6.07, 6.45) is 2.46. The lowest BCUT2D eigenvalue weighted by Crippen LogP contribution is -2.45. The standard InChI is InChI=1S/C15H19F3N2S.2ClH/c16-15(17,18)21-13-5-3-12(4-6-13)14(11-1-2-11)20-9-7-19-8-10-20;;/h3-6,11,14,19H,1-2,7-10H2;2*1H/t14-;;/m1../s1. The summed E-state index contributed by atoms with van der Waals surface area (Å²) in [7, 11) is 0. The lowest BCUT2D eigenvalue weighted by molar-refractivity contribution is -0.0328. The van der Waals surface area contributed by atoms with Gasteiger partial charge in [-0.05, 0) is 48.2 Å². The van der Waals surface area contributed by atoms with Gasteiger partial charge in [0, 0.05) is 37.1 Å². The van der Waals surface area contributed by atoms with Crippen LogP contribution in [0.1, 0.15) is 24.4 Å².